The molecule has 1 saturated heterocycles. The van der Waals surface area contributed by atoms with Crippen molar-refractivity contribution in [1.29, 1.82) is 0 Å². The zero-order valence-corrected chi connectivity index (χ0v) is 16.1. The van der Waals surface area contributed by atoms with Gasteiger partial charge in [0.15, 0.2) is 0 Å². The second-order valence-electron chi connectivity index (χ2n) is 7.10. The van der Waals surface area contributed by atoms with E-state index in [1.165, 1.54) is 0 Å². The Bertz CT molecular complexity index is 1120. The van der Waals surface area contributed by atoms with E-state index in [0.29, 0.717) is 17.5 Å². The molecule has 0 aliphatic carbocycles. The van der Waals surface area contributed by atoms with Crippen LogP contribution in [0.3, 0.4) is 0 Å². The van der Waals surface area contributed by atoms with E-state index >= 15 is 0 Å². The average molecular weight is 394 g/mol. The Labute approximate surface area is 167 Å². The second-order valence-corrected chi connectivity index (χ2v) is 7.53. The highest BCUT2D eigenvalue weighted by molar-refractivity contribution is 6.30. The number of hydrogen-bond acceptors (Lipinski definition) is 4. The lowest BCUT2D eigenvalue weighted by molar-refractivity contribution is 0.0489. The highest BCUT2D eigenvalue weighted by Crippen LogP contribution is 2.33. The van der Waals surface area contributed by atoms with Crippen LogP contribution in [0.25, 0.3) is 27.5 Å². The second kappa shape index (κ2) is 7.41. The topological polar surface area (TPSA) is 49.2 Å². The molecule has 0 radical (unpaired) electrons. The third kappa shape index (κ3) is 3.21. The molecule has 5 nitrogen and oxygen atoms in total. The van der Waals surface area contributed by atoms with Gasteiger partial charge in [0, 0.05) is 29.8 Å². The van der Waals surface area contributed by atoms with Crippen LogP contribution < -0.4 is 4.74 Å². The van der Waals surface area contributed by atoms with Gasteiger partial charge in [0.05, 0.1) is 23.2 Å². The highest BCUT2D eigenvalue weighted by Gasteiger charge is 2.20. The monoisotopic (exact) mass is 393 g/mol. The fourth-order valence-corrected chi connectivity index (χ4v) is 3.78. The summed E-state index contributed by atoms with van der Waals surface area (Å²) in [5.74, 6) is 1.22. The molecule has 0 atom stereocenters. The van der Waals surface area contributed by atoms with Gasteiger partial charge in [-0.05, 0) is 49.1 Å². The SMILES string of the molecule is Clc1ccc(-n2nc3c(cnc4ccccc43)c2OCC2CCOCC2)cc1. The lowest BCUT2D eigenvalue weighted by Gasteiger charge is -2.22. The Morgan fingerprint density at radius 3 is 2.64 bits per heavy atom. The van der Waals surface area contributed by atoms with Gasteiger partial charge in [-0.1, -0.05) is 29.8 Å². The molecule has 3 heterocycles. The first-order valence-electron chi connectivity index (χ1n) is 9.52. The van der Waals surface area contributed by atoms with Crippen molar-refractivity contribution in [3.05, 3.63) is 59.8 Å². The summed E-state index contributed by atoms with van der Waals surface area (Å²) in [5, 5.41) is 7.51. The van der Waals surface area contributed by atoms with E-state index in [1.807, 2.05) is 59.4 Å². The van der Waals surface area contributed by atoms with E-state index in [1.54, 1.807) is 0 Å². The highest BCUT2D eigenvalue weighted by atomic mass is 35.5. The van der Waals surface area contributed by atoms with E-state index < -0.39 is 0 Å². The summed E-state index contributed by atoms with van der Waals surface area (Å²) < 4.78 is 13.7. The molecule has 0 amide bonds. The van der Waals surface area contributed by atoms with Crippen molar-refractivity contribution < 1.29 is 9.47 Å². The van der Waals surface area contributed by atoms with Crippen molar-refractivity contribution in [2.45, 2.75) is 12.8 Å². The lowest BCUT2D eigenvalue weighted by atomic mass is 10.0. The molecule has 5 rings (SSSR count). The summed E-state index contributed by atoms with van der Waals surface area (Å²) >= 11 is 6.08. The maximum absolute atomic E-state index is 6.34. The van der Waals surface area contributed by atoms with Crippen molar-refractivity contribution in [3.8, 4) is 11.6 Å². The Kier molecular flexibility index (Phi) is 4.63. The Hall–Kier alpha value is -2.63. The zero-order chi connectivity index (χ0) is 18.9. The van der Waals surface area contributed by atoms with Crippen LogP contribution in [0.5, 0.6) is 5.88 Å². The molecule has 1 aliphatic heterocycles. The minimum absolute atomic E-state index is 0.491. The van der Waals surface area contributed by atoms with Crippen molar-refractivity contribution in [1.82, 2.24) is 14.8 Å². The van der Waals surface area contributed by atoms with Crippen molar-refractivity contribution in [2.75, 3.05) is 19.8 Å². The zero-order valence-electron chi connectivity index (χ0n) is 15.3. The summed E-state index contributed by atoms with van der Waals surface area (Å²) in [4.78, 5) is 4.61. The third-order valence-corrected chi connectivity index (χ3v) is 5.49. The standard InChI is InChI=1S/C22H20ClN3O2/c23-16-5-7-17(8-6-16)26-22(28-14-15-9-11-27-12-10-15)19-13-24-20-4-2-1-3-18(20)21(19)25-26/h1-8,13,15H,9-12,14H2. The molecular weight excluding hydrogens is 374 g/mol. The number of halogens is 1. The summed E-state index contributed by atoms with van der Waals surface area (Å²) in [5.41, 5.74) is 2.72. The summed E-state index contributed by atoms with van der Waals surface area (Å²) in [6.45, 7) is 2.25. The molecule has 2 aromatic heterocycles. The van der Waals surface area contributed by atoms with Crippen LogP contribution >= 0.6 is 11.6 Å². The maximum Gasteiger partial charge on any atom is 0.226 e. The van der Waals surface area contributed by atoms with Gasteiger partial charge in [-0.2, -0.15) is 9.78 Å². The smallest absolute Gasteiger partial charge is 0.226 e. The molecular formula is C22H20ClN3O2. The average Bonchev–Trinajstić information content (AvgIpc) is 3.12. The predicted molar refractivity (Wildman–Crippen MR) is 110 cm³/mol. The predicted octanol–water partition coefficient (Wildman–Crippen LogP) is 5.03. The van der Waals surface area contributed by atoms with Crippen LogP contribution in [0.2, 0.25) is 5.02 Å². The van der Waals surface area contributed by atoms with Crippen LogP contribution in [-0.4, -0.2) is 34.6 Å². The number of nitrogens with zero attached hydrogens (tertiary/aromatic N) is 3. The van der Waals surface area contributed by atoms with Gasteiger partial charge in [-0.25, -0.2) is 0 Å². The first kappa shape index (κ1) is 17.5. The minimum Gasteiger partial charge on any atom is -0.477 e. The van der Waals surface area contributed by atoms with Crippen LogP contribution in [-0.2, 0) is 4.74 Å². The van der Waals surface area contributed by atoms with Gasteiger partial charge in [0.25, 0.3) is 0 Å². The minimum atomic E-state index is 0.491. The van der Waals surface area contributed by atoms with E-state index in [9.17, 15) is 0 Å². The van der Waals surface area contributed by atoms with E-state index in [4.69, 9.17) is 26.2 Å². The van der Waals surface area contributed by atoms with Crippen LogP contribution in [0.4, 0.5) is 0 Å². The number of fused-ring (bicyclic) bond motifs is 3. The van der Waals surface area contributed by atoms with Gasteiger partial charge in [-0.15, -0.1) is 0 Å². The van der Waals surface area contributed by atoms with E-state index in [0.717, 1.165) is 59.4 Å². The first-order chi connectivity index (χ1) is 13.8. The Balaban J connectivity index is 1.62. The number of aromatic nitrogens is 3. The van der Waals surface area contributed by atoms with Crippen molar-refractivity contribution in [3.63, 3.8) is 0 Å². The third-order valence-electron chi connectivity index (χ3n) is 5.24. The van der Waals surface area contributed by atoms with E-state index in [2.05, 4.69) is 4.98 Å². The number of rotatable bonds is 4. The Morgan fingerprint density at radius 2 is 1.82 bits per heavy atom. The molecule has 0 unspecified atom stereocenters. The number of ether oxygens (including phenoxy) is 2. The van der Waals surface area contributed by atoms with Crippen LogP contribution in [0, 0.1) is 5.92 Å². The van der Waals surface area contributed by atoms with Crippen LogP contribution in [0.1, 0.15) is 12.8 Å². The molecule has 1 aliphatic rings. The Morgan fingerprint density at radius 1 is 1.04 bits per heavy atom. The normalized spacial score (nSPS) is 15.3. The molecule has 0 N–H and O–H groups in total. The lowest BCUT2D eigenvalue weighted by Crippen LogP contribution is -2.22. The van der Waals surface area contributed by atoms with Gasteiger partial charge in [0.2, 0.25) is 5.88 Å². The van der Waals surface area contributed by atoms with Crippen LogP contribution in [0.15, 0.2) is 54.7 Å². The fraction of sp³-hybridized carbons (Fsp3) is 0.273. The molecule has 142 valence electrons. The van der Waals surface area contributed by atoms with Gasteiger partial charge < -0.3 is 9.47 Å². The van der Waals surface area contributed by atoms with E-state index in [-0.39, 0.29) is 0 Å². The summed E-state index contributed by atoms with van der Waals surface area (Å²) in [6, 6.07) is 15.7. The summed E-state index contributed by atoms with van der Waals surface area (Å²) in [7, 11) is 0. The summed E-state index contributed by atoms with van der Waals surface area (Å²) in [6.07, 6.45) is 3.90. The molecule has 2 aromatic carbocycles. The molecule has 28 heavy (non-hydrogen) atoms. The number of pyridine rings is 1. The molecule has 0 saturated carbocycles. The quantitative estimate of drug-likeness (QED) is 0.487. The largest absolute Gasteiger partial charge is 0.477 e. The van der Waals surface area contributed by atoms with Crippen molar-refractivity contribution in [2.24, 2.45) is 5.92 Å². The fourth-order valence-electron chi connectivity index (χ4n) is 3.66. The first-order valence-corrected chi connectivity index (χ1v) is 9.90. The van der Waals surface area contributed by atoms with Crippen molar-refractivity contribution >= 4 is 33.4 Å². The van der Waals surface area contributed by atoms with Gasteiger partial charge >= 0.3 is 0 Å². The van der Waals surface area contributed by atoms with Gasteiger partial charge in [0.1, 0.15) is 5.52 Å². The number of hydrogen-bond donors (Lipinski definition) is 0. The molecule has 4 aromatic rings. The molecule has 0 spiro atoms. The number of para-hydroxylation sites is 1. The van der Waals surface area contributed by atoms with Gasteiger partial charge in [-0.3, -0.25) is 4.98 Å². The maximum atomic E-state index is 6.34. The number of benzene rings is 2. The molecule has 1 fully saturated rings. The molecule has 0 bridgehead atoms. The molecule has 6 heteroatoms.